The van der Waals surface area contributed by atoms with Crippen molar-refractivity contribution in [3.8, 4) is 11.4 Å². The van der Waals surface area contributed by atoms with Crippen LogP contribution >= 0.6 is 35.0 Å². The maximum Gasteiger partial charge on any atom is 0.145 e. The molecule has 25 heavy (non-hydrogen) atoms. The number of rotatable bonds is 1. The molecule has 0 spiro atoms. The number of benzene rings is 3. The van der Waals surface area contributed by atoms with E-state index in [0.29, 0.717) is 0 Å². The van der Waals surface area contributed by atoms with E-state index < -0.39 is 0 Å². The molecule has 0 amide bonds. The Bertz CT molecular complexity index is 1070. The molecule has 1 aliphatic heterocycles. The third kappa shape index (κ3) is 2.51. The van der Waals surface area contributed by atoms with E-state index in [-0.39, 0.29) is 18.6 Å². The Balaban J connectivity index is 0.00000157. The average molecular weight is 460 g/mol. The van der Waals surface area contributed by atoms with Crippen LogP contribution in [0.4, 0.5) is 5.69 Å². The number of imidazole rings is 1. The zero-order valence-electron chi connectivity index (χ0n) is 13.2. The van der Waals surface area contributed by atoms with Crippen molar-refractivity contribution >= 4 is 51.7 Å². The number of nitrogens with one attached hydrogen (secondary N) is 1. The van der Waals surface area contributed by atoms with Gasteiger partial charge in [-0.25, -0.2) is 4.98 Å². The highest BCUT2D eigenvalue weighted by Crippen LogP contribution is 2.41. The first-order valence-electron chi connectivity index (χ1n) is 7.90. The van der Waals surface area contributed by atoms with Gasteiger partial charge in [-0.2, -0.15) is 0 Å². The molecule has 5 heteroatoms. The van der Waals surface area contributed by atoms with Crippen LogP contribution < -0.4 is 5.32 Å². The normalized spacial score (nSPS) is 15.0. The monoisotopic (exact) mass is 459 g/mol. The van der Waals surface area contributed by atoms with E-state index in [1.807, 2.05) is 6.07 Å². The van der Waals surface area contributed by atoms with Gasteiger partial charge in [0.1, 0.15) is 12.0 Å². The van der Waals surface area contributed by atoms with Crippen LogP contribution in [0.1, 0.15) is 11.7 Å². The molecule has 1 atom stereocenters. The molecule has 1 unspecified atom stereocenters. The van der Waals surface area contributed by atoms with Crippen molar-refractivity contribution in [2.45, 2.75) is 6.17 Å². The maximum absolute atomic E-state index is 4.92. The fourth-order valence-corrected chi connectivity index (χ4v) is 4.11. The second kappa shape index (κ2) is 6.35. The number of hydrogen-bond donors (Lipinski definition) is 1. The number of nitrogens with zero attached hydrogens (tertiary/aromatic N) is 2. The summed E-state index contributed by atoms with van der Waals surface area (Å²) in [4.78, 5) is 4.92. The Morgan fingerprint density at radius 2 is 1.60 bits per heavy atom. The Morgan fingerprint density at radius 3 is 2.48 bits per heavy atom. The van der Waals surface area contributed by atoms with Gasteiger partial charge in [0, 0.05) is 20.4 Å². The van der Waals surface area contributed by atoms with Crippen LogP contribution in [0.5, 0.6) is 0 Å². The van der Waals surface area contributed by atoms with Gasteiger partial charge in [-0.3, -0.25) is 4.57 Å². The van der Waals surface area contributed by atoms with Crippen LogP contribution in [0.3, 0.4) is 0 Å². The van der Waals surface area contributed by atoms with E-state index in [1.54, 1.807) is 0 Å². The second-order valence-electron chi connectivity index (χ2n) is 5.91. The van der Waals surface area contributed by atoms with Crippen molar-refractivity contribution in [2.75, 3.05) is 5.32 Å². The molecule has 2 heterocycles. The largest absolute Gasteiger partial charge is 0.361 e. The minimum absolute atomic E-state index is 0. The second-order valence-corrected chi connectivity index (χ2v) is 7.07. The summed E-state index contributed by atoms with van der Waals surface area (Å²) in [7, 11) is 0. The molecule has 3 aromatic carbocycles. The van der Waals surface area contributed by atoms with E-state index in [0.717, 1.165) is 28.1 Å². The summed E-state index contributed by atoms with van der Waals surface area (Å²) in [6, 6.07) is 25.2. The molecule has 0 radical (unpaired) electrons. The van der Waals surface area contributed by atoms with Crippen LogP contribution in [0.25, 0.3) is 22.4 Å². The molecule has 124 valence electrons. The average Bonchev–Trinajstić information content (AvgIpc) is 3.01. The first-order chi connectivity index (χ1) is 11.8. The van der Waals surface area contributed by atoms with Crippen molar-refractivity contribution in [1.29, 1.82) is 0 Å². The quantitative estimate of drug-likeness (QED) is 0.370. The first-order valence-corrected chi connectivity index (χ1v) is 8.98. The molecule has 0 aliphatic carbocycles. The molecule has 0 saturated heterocycles. The highest BCUT2D eigenvalue weighted by molar-refractivity contribution is 14.1. The van der Waals surface area contributed by atoms with Crippen LogP contribution in [-0.4, -0.2) is 9.55 Å². The Hall–Kier alpha value is -2.05. The van der Waals surface area contributed by atoms with Gasteiger partial charge in [0.25, 0.3) is 0 Å². The van der Waals surface area contributed by atoms with Gasteiger partial charge in [-0.05, 0) is 52.9 Å². The third-order valence-electron chi connectivity index (χ3n) is 4.51. The molecule has 1 aliphatic rings. The van der Waals surface area contributed by atoms with Crippen molar-refractivity contribution in [3.05, 3.63) is 81.9 Å². The lowest BCUT2D eigenvalue weighted by Crippen LogP contribution is -2.25. The van der Waals surface area contributed by atoms with Gasteiger partial charge >= 0.3 is 0 Å². The van der Waals surface area contributed by atoms with Crippen molar-refractivity contribution in [1.82, 2.24) is 9.55 Å². The topological polar surface area (TPSA) is 29.9 Å². The van der Waals surface area contributed by atoms with E-state index >= 15 is 0 Å². The van der Waals surface area contributed by atoms with Crippen molar-refractivity contribution in [3.63, 3.8) is 0 Å². The van der Waals surface area contributed by atoms with Gasteiger partial charge in [-0.1, -0.05) is 42.5 Å². The van der Waals surface area contributed by atoms with Crippen molar-refractivity contribution in [2.24, 2.45) is 0 Å². The summed E-state index contributed by atoms with van der Waals surface area (Å²) >= 11 is 2.41. The lowest BCUT2D eigenvalue weighted by Gasteiger charge is -2.30. The van der Waals surface area contributed by atoms with Crippen LogP contribution in [-0.2, 0) is 0 Å². The SMILES string of the molecule is Cl.Ic1ccccc1C1Nc2ccccc2-c2nc3ccccc3n21. The summed E-state index contributed by atoms with van der Waals surface area (Å²) in [5.41, 5.74) is 5.72. The molecule has 0 bridgehead atoms. The Morgan fingerprint density at radius 1 is 0.880 bits per heavy atom. The number of para-hydroxylation sites is 3. The third-order valence-corrected chi connectivity index (χ3v) is 5.50. The Labute approximate surface area is 165 Å². The number of hydrogen-bond acceptors (Lipinski definition) is 2. The van der Waals surface area contributed by atoms with Gasteiger partial charge in [-0.15, -0.1) is 12.4 Å². The van der Waals surface area contributed by atoms with Crippen LogP contribution in [0.15, 0.2) is 72.8 Å². The molecule has 5 rings (SSSR count). The fourth-order valence-electron chi connectivity index (χ4n) is 3.43. The van der Waals surface area contributed by atoms with Gasteiger partial charge in [0.15, 0.2) is 0 Å². The van der Waals surface area contributed by atoms with Gasteiger partial charge in [0.2, 0.25) is 0 Å². The maximum atomic E-state index is 4.92. The summed E-state index contributed by atoms with van der Waals surface area (Å²) < 4.78 is 3.56. The van der Waals surface area contributed by atoms with E-state index in [9.17, 15) is 0 Å². The summed E-state index contributed by atoms with van der Waals surface area (Å²) in [6.07, 6.45) is 0.0374. The molecule has 0 saturated carbocycles. The van der Waals surface area contributed by atoms with E-state index in [4.69, 9.17) is 4.98 Å². The first kappa shape index (κ1) is 16.4. The lowest BCUT2D eigenvalue weighted by atomic mass is 10.1. The number of halogens is 2. The minimum Gasteiger partial charge on any atom is -0.361 e. The molecule has 0 fully saturated rings. The predicted molar refractivity (Wildman–Crippen MR) is 113 cm³/mol. The Kier molecular flexibility index (Phi) is 4.17. The number of anilines is 1. The van der Waals surface area contributed by atoms with E-state index in [2.05, 4.69) is 99.2 Å². The zero-order chi connectivity index (χ0) is 16.1. The number of fused-ring (bicyclic) bond motifs is 5. The van der Waals surface area contributed by atoms with Crippen LogP contribution in [0, 0.1) is 3.57 Å². The summed E-state index contributed by atoms with van der Waals surface area (Å²) in [5, 5.41) is 3.71. The van der Waals surface area contributed by atoms with Crippen LogP contribution in [0.2, 0.25) is 0 Å². The summed E-state index contributed by atoms with van der Waals surface area (Å²) in [5.74, 6) is 1.02. The molecule has 1 N–H and O–H groups in total. The molecular weight excluding hydrogens is 445 g/mol. The standard InChI is InChI=1S/C20H14IN3.ClH/c21-15-9-3-1-7-13(15)19-22-16-10-4-2-8-14(16)20-23-17-11-5-6-12-18(17)24(19)20;/h1-12,19,22H;1H. The predicted octanol–water partition coefficient (Wildman–Crippen LogP) is 5.70. The van der Waals surface area contributed by atoms with Gasteiger partial charge < -0.3 is 5.32 Å². The highest BCUT2D eigenvalue weighted by atomic mass is 127. The van der Waals surface area contributed by atoms with E-state index in [1.165, 1.54) is 9.13 Å². The molecule has 4 aromatic rings. The zero-order valence-corrected chi connectivity index (χ0v) is 16.2. The highest BCUT2D eigenvalue weighted by Gasteiger charge is 2.28. The molecular formula is C20H15ClIN3. The summed E-state index contributed by atoms with van der Waals surface area (Å²) in [6.45, 7) is 0. The molecule has 3 nitrogen and oxygen atoms in total. The van der Waals surface area contributed by atoms with Gasteiger partial charge in [0.05, 0.1) is 11.0 Å². The molecule has 1 aromatic heterocycles. The smallest absolute Gasteiger partial charge is 0.145 e. The number of aromatic nitrogens is 2. The lowest BCUT2D eigenvalue weighted by molar-refractivity contribution is 0.666. The van der Waals surface area contributed by atoms with Crippen molar-refractivity contribution < 1.29 is 0 Å². The minimum atomic E-state index is 0. The fraction of sp³-hybridized carbons (Fsp3) is 0.0500.